The lowest BCUT2D eigenvalue weighted by Gasteiger charge is -2.30. The largest absolute Gasteiger partial charge is 0.497 e. The highest BCUT2D eigenvalue weighted by atomic mass is 16.5. The first-order valence-corrected chi connectivity index (χ1v) is 7.24. The molecular weight excluding hydrogens is 262 g/mol. The van der Waals surface area contributed by atoms with Gasteiger partial charge in [0.2, 0.25) is 0 Å². The molecule has 108 valence electrons. The van der Waals surface area contributed by atoms with Gasteiger partial charge in [-0.05, 0) is 55.7 Å². The van der Waals surface area contributed by atoms with Gasteiger partial charge in [-0.2, -0.15) is 0 Å². The van der Waals surface area contributed by atoms with Crippen molar-refractivity contribution in [2.75, 3.05) is 18.6 Å². The zero-order chi connectivity index (χ0) is 14.8. The van der Waals surface area contributed by atoms with E-state index in [2.05, 4.69) is 25.1 Å². The highest BCUT2D eigenvalue weighted by Crippen LogP contribution is 2.29. The van der Waals surface area contributed by atoms with E-state index in [0.717, 1.165) is 30.8 Å². The quantitative estimate of drug-likeness (QED) is 0.841. The van der Waals surface area contributed by atoms with E-state index < -0.39 is 0 Å². The number of aryl methyl sites for hydroxylation is 2. The Morgan fingerprint density at radius 2 is 1.90 bits per heavy atom. The summed E-state index contributed by atoms with van der Waals surface area (Å²) in [7, 11) is 1.63. The average molecular weight is 281 g/mol. The topological polar surface area (TPSA) is 29.5 Å². The number of anilines is 1. The molecule has 0 N–H and O–H groups in total. The molecule has 0 fully saturated rings. The zero-order valence-electron chi connectivity index (χ0n) is 12.4. The van der Waals surface area contributed by atoms with E-state index in [4.69, 9.17) is 4.74 Å². The number of carbonyl (C=O) groups excluding carboxylic acids is 1. The van der Waals surface area contributed by atoms with Crippen LogP contribution >= 0.6 is 0 Å². The third-order valence-electron chi connectivity index (χ3n) is 3.94. The van der Waals surface area contributed by atoms with E-state index in [1.54, 1.807) is 7.11 Å². The first-order valence-electron chi connectivity index (χ1n) is 7.24. The van der Waals surface area contributed by atoms with Crippen LogP contribution in [0.5, 0.6) is 5.75 Å². The predicted octanol–water partition coefficient (Wildman–Crippen LogP) is 3.60. The Morgan fingerprint density at radius 1 is 1.14 bits per heavy atom. The Kier molecular flexibility index (Phi) is 3.65. The lowest BCUT2D eigenvalue weighted by Crippen LogP contribution is -2.35. The third kappa shape index (κ3) is 2.64. The summed E-state index contributed by atoms with van der Waals surface area (Å²) in [5.41, 5.74) is 4.26. The molecule has 0 spiro atoms. The van der Waals surface area contributed by atoms with E-state index in [0.29, 0.717) is 5.56 Å². The minimum Gasteiger partial charge on any atom is -0.497 e. The van der Waals surface area contributed by atoms with Crippen LogP contribution in [0.2, 0.25) is 0 Å². The Balaban J connectivity index is 1.92. The van der Waals surface area contributed by atoms with Gasteiger partial charge >= 0.3 is 0 Å². The number of hydrogen-bond acceptors (Lipinski definition) is 2. The van der Waals surface area contributed by atoms with E-state index in [1.807, 2.05) is 29.2 Å². The second kappa shape index (κ2) is 5.60. The maximum absolute atomic E-state index is 12.7. The molecular formula is C18H19NO2. The first-order chi connectivity index (χ1) is 10.2. The van der Waals surface area contributed by atoms with Crippen molar-refractivity contribution in [1.29, 1.82) is 0 Å². The first kappa shape index (κ1) is 13.7. The lowest BCUT2D eigenvalue weighted by atomic mass is 9.99. The Bertz CT molecular complexity index is 661. The molecule has 3 rings (SSSR count). The van der Waals surface area contributed by atoms with Gasteiger partial charge in [-0.1, -0.05) is 17.7 Å². The van der Waals surface area contributed by atoms with Crippen molar-refractivity contribution >= 4 is 11.6 Å². The van der Waals surface area contributed by atoms with Crippen LogP contribution in [0.15, 0.2) is 42.5 Å². The lowest BCUT2D eigenvalue weighted by molar-refractivity contribution is 0.0985. The van der Waals surface area contributed by atoms with Crippen molar-refractivity contribution in [3.63, 3.8) is 0 Å². The van der Waals surface area contributed by atoms with Crippen LogP contribution in [0.1, 0.15) is 27.9 Å². The highest BCUT2D eigenvalue weighted by molar-refractivity contribution is 6.06. The summed E-state index contributed by atoms with van der Waals surface area (Å²) >= 11 is 0. The van der Waals surface area contributed by atoms with Crippen LogP contribution in [-0.2, 0) is 6.42 Å². The van der Waals surface area contributed by atoms with Gasteiger partial charge in [-0.3, -0.25) is 4.79 Å². The number of amides is 1. The number of methoxy groups -OCH3 is 1. The number of carbonyl (C=O) groups is 1. The maximum atomic E-state index is 12.7. The van der Waals surface area contributed by atoms with Gasteiger partial charge in [0.25, 0.3) is 5.91 Å². The molecule has 0 saturated heterocycles. The molecule has 0 aliphatic carbocycles. The van der Waals surface area contributed by atoms with E-state index in [9.17, 15) is 4.79 Å². The molecule has 2 aromatic carbocycles. The minimum absolute atomic E-state index is 0.0578. The van der Waals surface area contributed by atoms with Gasteiger partial charge in [0.05, 0.1) is 7.11 Å². The smallest absolute Gasteiger partial charge is 0.258 e. The second-order valence-electron chi connectivity index (χ2n) is 5.42. The van der Waals surface area contributed by atoms with Crippen LogP contribution in [0.4, 0.5) is 5.69 Å². The molecule has 0 unspecified atom stereocenters. The minimum atomic E-state index is 0.0578. The number of hydrogen-bond donors (Lipinski definition) is 0. The Morgan fingerprint density at radius 3 is 2.62 bits per heavy atom. The molecule has 2 aromatic rings. The summed E-state index contributed by atoms with van der Waals surface area (Å²) in [6.07, 6.45) is 2.06. The monoisotopic (exact) mass is 281 g/mol. The van der Waals surface area contributed by atoms with Crippen LogP contribution in [-0.4, -0.2) is 19.6 Å². The standard InChI is InChI=1S/C18H19NO2/c1-13-5-10-17-15(12-13)4-3-11-19(17)18(20)14-6-8-16(21-2)9-7-14/h5-10,12H,3-4,11H2,1-2H3. The molecule has 1 aliphatic heterocycles. The second-order valence-corrected chi connectivity index (χ2v) is 5.42. The molecule has 0 aromatic heterocycles. The molecule has 0 saturated carbocycles. The molecule has 1 amide bonds. The average Bonchev–Trinajstić information content (AvgIpc) is 2.53. The van der Waals surface area contributed by atoms with E-state index >= 15 is 0 Å². The van der Waals surface area contributed by atoms with E-state index in [-0.39, 0.29) is 5.91 Å². The number of nitrogens with zero attached hydrogens (tertiary/aromatic N) is 1. The molecule has 3 nitrogen and oxygen atoms in total. The summed E-state index contributed by atoms with van der Waals surface area (Å²) < 4.78 is 5.14. The SMILES string of the molecule is COc1ccc(C(=O)N2CCCc3cc(C)ccc32)cc1. The van der Waals surface area contributed by atoms with Crippen molar-refractivity contribution in [3.05, 3.63) is 59.2 Å². The summed E-state index contributed by atoms with van der Waals surface area (Å²) in [6.45, 7) is 2.87. The Hall–Kier alpha value is -2.29. The van der Waals surface area contributed by atoms with Crippen molar-refractivity contribution < 1.29 is 9.53 Å². The number of fused-ring (bicyclic) bond motifs is 1. The third-order valence-corrected chi connectivity index (χ3v) is 3.94. The van der Waals surface area contributed by atoms with Crippen molar-refractivity contribution in [3.8, 4) is 5.75 Å². The molecule has 1 aliphatic rings. The van der Waals surface area contributed by atoms with Crippen LogP contribution in [0.3, 0.4) is 0 Å². The summed E-state index contributed by atoms with van der Waals surface area (Å²) in [5.74, 6) is 0.823. The number of ether oxygens (including phenoxy) is 1. The fourth-order valence-corrected chi connectivity index (χ4v) is 2.83. The maximum Gasteiger partial charge on any atom is 0.258 e. The molecule has 0 bridgehead atoms. The van der Waals surface area contributed by atoms with Crippen LogP contribution in [0, 0.1) is 6.92 Å². The van der Waals surface area contributed by atoms with Crippen LogP contribution in [0.25, 0.3) is 0 Å². The van der Waals surface area contributed by atoms with E-state index in [1.165, 1.54) is 11.1 Å². The zero-order valence-corrected chi connectivity index (χ0v) is 12.4. The highest BCUT2D eigenvalue weighted by Gasteiger charge is 2.23. The van der Waals surface area contributed by atoms with Gasteiger partial charge in [-0.25, -0.2) is 0 Å². The van der Waals surface area contributed by atoms with Gasteiger partial charge in [0.15, 0.2) is 0 Å². The van der Waals surface area contributed by atoms with Crippen LogP contribution < -0.4 is 9.64 Å². The number of benzene rings is 2. The predicted molar refractivity (Wildman–Crippen MR) is 84.2 cm³/mol. The van der Waals surface area contributed by atoms with Crippen molar-refractivity contribution in [1.82, 2.24) is 0 Å². The van der Waals surface area contributed by atoms with Gasteiger partial charge in [-0.15, -0.1) is 0 Å². The van der Waals surface area contributed by atoms with Crippen molar-refractivity contribution in [2.24, 2.45) is 0 Å². The molecule has 3 heteroatoms. The normalized spacial score (nSPS) is 13.7. The fourth-order valence-electron chi connectivity index (χ4n) is 2.83. The number of rotatable bonds is 2. The molecule has 21 heavy (non-hydrogen) atoms. The molecule has 0 radical (unpaired) electrons. The van der Waals surface area contributed by atoms with Gasteiger partial charge in [0.1, 0.15) is 5.75 Å². The van der Waals surface area contributed by atoms with Gasteiger partial charge < -0.3 is 9.64 Å². The Labute approximate surface area is 125 Å². The summed E-state index contributed by atoms with van der Waals surface area (Å²) in [5, 5.41) is 0. The fraction of sp³-hybridized carbons (Fsp3) is 0.278. The molecule has 0 atom stereocenters. The van der Waals surface area contributed by atoms with Crippen molar-refractivity contribution in [2.45, 2.75) is 19.8 Å². The molecule has 1 heterocycles. The van der Waals surface area contributed by atoms with Gasteiger partial charge in [0, 0.05) is 17.8 Å². The summed E-state index contributed by atoms with van der Waals surface area (Å²) in [6, 6.07) is 13.6. The summed E-state index contributed by atoms with van der Waals surface area (Å²) in [4.78, 5) is 14.6.